The number of piperidine rings is 1. The molecule has 6 heteroatoms. The fourth-order valence-corrected chi connectivity index (χ4v) is 4.04. The number of benzene rings is 2. The number of carbonyl (C=O) groups is 2. The summed E-state index contributed by atoms with van der Waals surface area (Å²) in [4.78, 5) is 27.6. The highest BCUT2D eigenvalue weighted by Crippen LogP contribution is 2.30. The van der Waals surface area contributed by atoms with E-state index < -0.39 is 0 Å². The van der Waals surface area contributed by atoms with E-state index in [1.807, 2.05) is 54.6 Å². The Labute approximate surface area is 182 Å². The Bertz CT molecular complexity index is 974. The maximum Gasteiger partial charge on any atom is 0.317 e. The molecule has 0 saturated carbocycles. The van der Waals surface area contributed by atoms with E-state index in [1.165, 1.54) is 0 Å². The minimum Gasteiger partial charge on any atom is -0.467 e. The smallest absolute Gasteiger partial charge is 0.317 e. The quantitative estimate of drug-likeness (QED) is 0.639. The number of furan rings is 1. The van der Waals surface area contributed by atoms with Crippen molar-refractivity contribution in [1.82, 2.24) is 15.5 Å². The molecule has 3 aromatic rings. The maximum atomic E-state index is 12.9. The van der Waals surface area contributed by atoms with Gasteiger partial charge in [0.15, 0.2) is 0 Å². The minimum atomic E-state index is -0.281. The van der Waals surface area contributed by atoms with E-state index >= 15 is 0 Å². The summed E-state index contributed by atoms with van der Waals surface area (Å²) in [6, 6.07) is 23.4. The van der Waals surface area contributed by atoms with Crippen LogP contribution < -0.4 is 10.6 Å². The molecule has 6 nitrogen and oxygen atoms in total. The van der Waals surface area contributed by atoms with Gasteiger partial charge in [0, 0.05) is 25.6 Å². The van der Waals surface area contributed by atoms with Gasteiger partial charge in [-0.15, -0.1) is 0 Å². The van der Waals surface area contributed by atoms with Gasteiger partial charge in [-0.2, -0.15) is 0 Å². The van der Waals surface area contributed by atoms with Gasteiger partial charge >= 0.3 is 6.03 Å². The monoisotopic (exact) mass is 417 g/mol. The minimum absolute atomic E-state index is 0.0575. The van der Waals surface area contributed by atoms with Gasteiger partial charge in [0.2, 0.25) is 5.91 Å². The van der Waals surface area contributed by atoms with Crippen molar-refractivity contribution < 1.29 is 14.0 Å². The van der Waals surface area contributed by atoms with E-state index in [1.54, 1.807) is 17.2 Å². The van der Waals surface area contributed by atoms with Crippen molar-refractivity contribution in [2.45, 2.75) is 25.4 Å². The molecule has 0 unspecified atom stereocenters. The summed E-state index contributed by atoms with van der Waals surface area (Å²) in [6.07, 6.45) is 2.29. The van der Waals surface area contributed by atoms with Crippen LogP contribution in [0.3, 0.4) is 0 Å². The van der Waals surface area contributed by atoms with Crippen molar-refractivity contribution in [3.8, 4) is 0 Å². The molecule has 1 fully saturated rings. The van der Waals surface area contributed by atoms with E-state index in [4.69, 9.17) is 4.42 Å². The van der Waals surface area contributed by atoms with Crippen LogP contribution in [-0.2, 0) is 17.9 Å². The lowest BCUT2D eigenvalue weighted by molar-refractivity contribution is -0.126. The topological polar surface area (TPSA) is 74.6 Å². The van der Waals surface area contributed by atoms with Crippen LogP contribution in [0.4, 0.5) is 4.79 Å². The van der Waals surface area contributed by atoms with Gasteiger partial charge in [-0.3, -0.25) is 4.79 Å². The highest BCUT2D eigenvalue weighted by atomic mass is 16.3. The number of amides is 3. The molecule has 31 heavy (non-hydrogen) atoms. The highest BCUT2D eigenvalue weighted by Gasteiger charge is 2.34. The number of nitrogens with zero attached hydrogens (tertiary/aromatic N) is 1. The first-order valence-electron chi connectivity index (χ1n) is 10.6. The Morgan fingerprint density at radius 2 is 1.61 bits per heavy atom. The van der Waals surface area contributed by atoms with Gasteiger partial charge in [-0.25, -0.2) is 4.79 Å². The zero-order valence-electron chi connectivity index (χ0n) is 17.4. The Morgan fingerprint density at radius 1 is 0.871 bits per heavy atom. The van der Waals surface area contributed by atoms with Gasteiger partial charge in [0.05, 0.1) is 18.7 Å². The lowest BCUT2D eigenvalue weighted by Crippen LogP contribution is -2.50. The number of hydrogen-bond acceptors (Lipinski definition) is 3. The number of rotatable bonds is 6. The summed E-state index contributed by atoms with van der Waals surface area (Å²) in [6.45, 7) is 1.79. The summed E-state index contributed by atoms with van der Waals surface area (Å²) in [7, 11) is 0. The molecule has 0 spiro atoms. The molecule has 160 valence electrons. The number of hydrogen-bond donors (Lipinski definition) is 2. The van der Waals surface area contributed by atoms with E-state index in [0.29, 0.717) is 38.4 Å². The molecular formula is C25H27N3O3. The van der Waals surface area contributed by atoms with Crippen molar-refractivity contribution in [1.29, 1.82) is 0 Å². The highest BCUT2D eigenvalue weighted by molar-refractivity contribution is 5.81. The summed E-state index contributed by atoms with van der Waals surface area (Å²) < 4.78 is 5.31. The van der Waals surface area contributed by atoms with Crippen LogP contribution >= 0.6 is 0 Å². The van der Waals surface area contributed by atoms with E-state index in [-0.39, 0.29) is 23.8 Å². The van der Waals surface area contributed by atoms with Crippen LogP contribution in [0.5, 0.6) is 0 Å². The first-order chi connectivity index (χ1) is 15.2. The lowest BCUT2D eigenvalue weighted by Gasteiger charge is -2.37. The summed E-state index contributed by atoms with van der Waals surface area (Å²) in [5.41, 5.74) is 2.19. The first kappa shape index (κ1) is 20.7. The summed E-state index contributed by atoms with van der Waals surface area (Å²) >= 11 is 0. The Kier molecular flexibility index (Phi) is 6.67. The molecule has 2 N–H and O–H groups in total. The molecule has 2 heterocycles. The lowest BCUT2D eigenvalue weighted by atomic mass is 9.84. The second kappa shape index (κ2) is 9.98. The van der Waals surface area contributed by atoms with E-state index in [2.05, 4.69) is 22.8 Å². The van der Waals surface area contributed by atoms with Gasteiger partial charge < -0.3 is 20.0 Å². The van der Waals surface area contributed by atoms with Crippen LogP contribution in [0, 0.1) is 5.92 Å². The average Bonchev–Trinajstić information content (AvgIpc) is 3.35. The molecular weight excluding hydrogens is 390 g/mol. The molecule has 1 aliphatic heterocycles. The average molecular weight is 418 g/mol. The van der Waals surface area contributed by atoms with E-state index in [0.717, 1.165) is 11.1 Å². The molecule has 2 atom stereocenters. The molecule has 2 aromatic carbocycles. The van der Waals surface area contributed by atoms with Gasteiger partial charge in [-0.1, -0.05) is 60.7 Å². The zero-order valence-corrected chi connectivity index (χ0v) is 17.4. The van der Waals surface area contributed by atoms with E-state index in [9.17, 15) is 9.59 Å². The Hall–Kier alpha value is -3.54. The van der Waals surface area contributed by atoms with Crippen LogP contribution in [0.25, 0.3) is 0 Å². The molecule has 1 aliphatic rings. The van der Waals surface area contributed by atoms with Gasteiger partial charge in [0.25, 0.3) is 0 Å². The van der Waals surface area contributed by atoms with Gasteiger partial charge in [0.1, 0.15) is 5.76 Å². The van der Waals surface area contributed by atoms with Crippen LogP contribution in [0.1, 0.15) is 29.2 Å². The predicted molar refractivity (Wildman–Crippen MR) is 118 cm³/mol. The van der Waals surface area contributed by atoms with Gasteiger partial charge in [-0.05, 0) is 29.7 Å². The van der Waals surface area contributed by atoms with Crippen molar-refractivity contribution in [3.63, 3.8) is 0 Å². The van der Waals surface area contributed by atoms with Crippen LogP contribution in [0.2, 0.25) is 0 Å². The fourth-order valence-electron chi connectivity index (χ4n) is 4.04. The number of nitrogens with one attached hydrogen (secondary N) is 2. The Balaban J connectivity index is 1.43. The molecule has 0 aliphatic carbocycles. The Morgan fingerprint density at radius 3 is 2.32 bits per heavy atom. The second-order valence-electron chi connectivity index (χ2n) is 7.89. The number of urea groups is 1. The molecule has 4 rings (SSSR count). The maximum absolute atomic E-state index is 12.9. The zero-order chi connectivity index (χ0) is 21.5. The number of carbonyl (C=O) groups excluding carboxylic acids is 2. The third kappa shape index (κ3) is 5.54. The second-order valence-corrected chi connectivity index (χ2v) is 7.89. The van der Waals surface area contributed by atoms with Crippen molar-refractivity contribution in [3.05, 3.63) is 95.9 Å². The predicted octanol–water partition coefficient (Wildman–Crippen LogP) is 3.91. The summed E-state index contributed by atoms with van der Waals surface area (Å²) in [5.74, 6) is 0.479. The van der Waals surface area contributed by atoms with Crippen molar-refractivity contribution >= 4 is 11.9 Å². The number of likely N-dealkylation sites (tertiary alicyclic amines) is 1. The first-order valence-corrected chi connectivity index (χ1v) is 10.6. The molecule has 1 saturated heterocycles. The summed E-state index contributed by atoms with van der Waals surface area (Å²) in [5, 5.41) is 5.95. The molecule has 0 bridgehead atoms. The van der Waals surface area contributed by atoms with Crippen LogP contribution in [0.15, 0.2) is 83.5 Å². The van der Waals surface area contributed by atoms with Crippen molar-refractivity contribution in [2.24, 2.45) is 5.92 Å². The standard InChI is InChI=1S/C25H27N3O3/c29-24(26-16-23-12-7-13-31-23)22-14-21(20-10-5-2-6-11-20)17-28(18-22)25(30)27-15-19-8-3-1-4-9-19/h1-13,21-22H,14-18H2,(H,26,29)(H,27,30)/t21-,22+/m1/s1. The molecule has 3 amide bonds. The van der Waals surface area contributed by atoms with Crippen LogP contribution in [-0.4, -0.2) is 29.9 Å². The fraction of sp³-hybridized carbons (Fsp3) is 0.280. The third-order valence-electron chi connectivity index (χ3n) is 5.68. The van der Waals surface area contributed by atoms with Crippen molar-refractivity contribution in [2.75, 3.05) is 13.1 Å². The molecule has 1 aromatic heterocycles. The molecule has 0 radical (unpaired) electrons. The normalized spacial score (nSPS) is 18.4. The largest absolute Gasteiger partial charge is 0.467 e. The third-order valence-corrected chi connectivity index (χ3v) is 5.68. The SMILES string of the molecule is O=C(NCc1ccco1)[C@H]1C[C@@H](c2ccccc2)CN(C(=O)NCc2ccccc2)C1.